The van der Waals surface area contributed by atoms with Gasteiger partial charge in [-0.3, -0.25) is 0 Å². The third kappa shape index (κ3) is 26.3. The molecule has 0 rings (SSSR count). The van der Waals surface area contributed by atoms with Gasteiger partial charge >= 0.3 is 0 Å². The molecule has 0 aromatic rings. The molecule has 0 aromatic heterocycles. The van der Waals surface area contributed by atoms with Crippen LogP contribution in [0.1, 0.15) is 32.6 Å². The van der Waals surface area contributed by atoms with Crippen LogP contribution in [-0.4, -0.2) is 74.8 Å². The summed E-state index contributed by atoms with van der Waals surface area (Å²) in [6.07, 6.45) is 4.94. The van der Waals surface area contributed by atoms with Crippen LogP contribution >= 0.6 is 0 Å². The van der Waals surface area contributed by atoms with E-state index < -0.39 is 0 Å². The maximum atomic E-state index is 8.34. The number of aliphatic hydroxyl groups excluding tert-OH is 3. The number of aliphatic hydroxyl groups is 3. The lowest BCUT2D eigenvalue weighted by Crippen LogP contribution is -2.09. The van der Waals surface area contributed by atoms with Crippen molar-refractivity contribution in [2.24, 2.45) is 0 Å². The lowest BCUT2D eigenvalue weighted by Gasteiger charge is -2.01. The Hall–Kier alpha value is -0.240. The lowest BCUT2D eigenvalue weighted by atomic mass is 10.2. The molecule has 3 N–H and O–H groups in total. The molecule has 0 atom stereocenters. The zero-order valence-corrected chi connectivity index (χ0v) is 12.8. The average Bonchev–Trinajstić information content (AvgIpc) is 2.47. The molecule has 0 bridgehead atoms. The highest BCUT2D eigenvalue weighted by molar-refractivity contribution is 4.38. The summed E-state index contributed by atoms with van der Waals surface area (Å²) in [5.74, 6) is 0. The first-order valence-corrected chi connectivity index (χ1v) is 7.39. The smallest absolute Gasteiger partial charge is 0.0701 e. The highest BCUT2D eigenvalue weighted by Crippen LogP contribution is 1.98. The molecule has 0 fully saturated rings. The molecular formula is C14H32O6. The van der Waals surface area contributed by atoms with Gasteiger partial charge in [-0.1, -0.05) is 26.2 Å². The number of hydrogen-bond acceptors (Lipinski definition) is 6. The summed E-state index contributed by atoms with van der Waals surface area (Å²) in [5, 5.41) is 24.9. The van der Waals surface area contributed by atoms with Gasteiger partial charge in [0.1, 0.15) is 0 Å². The van der Waals surface area contributed by atoms with Gasteiger partial charge in [-0.15, -0.1) is 0 Å². The first-order chi connectivity index (χ1) is 9.83. The molecular weight excluding hydrogens is 264 g/mol. The lowest BCUT2D eigenvalue weighted by molar-refractivity contribution is 0.0222. The zero-order valence-electron chi connectivity index (χ0n) is 12.8. The fourth-order valence-electron chi connectivity index (χ4n) is 1.25. The van der Waals surface area contributed by atoms with Crippen molar-refractivity contribution in [2.75, 3.05) is 59.5 Å². The Morgan fingerprint density at radius 1 is 0.550 bits per heavy atom. The van der Waals surface area contributed by atoms with Crippen molar-refractivity contribution in [3.8, 4) is 0 Å². The van der Waals surface area contributed by atoms with Gasteiger partial charge in [-0.05, 0) is 6.42 Å². The molecule has 0 aliphatic rings. The number of rotatable bonds is 14. The van der Waals surface area contributed by atoms with Crippen LogP contribution in [0.15, 0.2) is 0 Å². The second kappa shape index (κ2) is 23.8. The van der Waals surface area contributed by atoms with Crippen molar-refractivity contribution >= 4 is 0 Å². The van der Waals surface area contributed by atoms with E-state index in [1.54, 1.807) is 0 Å². The van der Waals surface area contributed by atoms with Crippen molar-refractivity contribution in [1.82, 2.24) is 0 Å². The predicted octanol–water partition coefficient (Wildman–Crippen LogP) is 0.580. The van der Waals surface area contributed by atoms with Gasteiger partial charge < -0.3 is 29.5 Å². The van der Waals surface area contributed by atoms with E-state index in [1.807, 2.05) is 0 Å². The van der Waals surface area contributed by atoms with E-state index >= 15 is 0 Å². The second-order valence-corrected chi connectivity index (χ2v) is 4.07. The highest BCUT2D eigenvalue weighted by Gasteiger charge is 1.87. The van der Waals surface area contributed by atoms with Gasteiger partial charge in [0.15, 0.2) is 0 Å². The van der Waals surface area contributed by atoms with Gasteiger partial charge in [-0.2, -0.15) is 0 Å². The zero-order chi connectivity index (χ0) is 15.3. The number of ether oxygens (including phenoxy) is 3. The minimum Gasteiger partial charge on any atom is -0.394 e. The average molecular weight is 296 g/mol. The van der Waals surface area contributed by atoms with Crippen LogP contribution in [0.5, 0.6) is 0 Å². The third-order valence-corrected chi connectivity index (χ3v) is 2.22. The summed E-state index contributed by atoms with van der Waals surface area (Å²) in [5.41, 5.74) is 0. The summed E-state index contributed by atoms with van der Waals surface area (Å²) in [6, 6.07) is 0. The van der Waals surface area contributed by atoms with Crippen molar-refractivity contribution in [1.29, 1.82) is 0 Å². The molecule has 0 saturated carbocycles. The van der Waals surface area contributed by atoms with E-state index in [-0.39, 0.29) is 19.8 Å². The van der Waals surface area contributed by atoms with Crippen LogP contribution in [0.3, 0.4) is 0 Å². The van der Waals surface area contributed by atoms with Gasteiger partial charge in [0.05, 0.1) is 52.9 Å². The van der Waals surface area contributed by atoms with E-state index in [1.165, 1.54) is 19.3 Å². The van der Waals surface area contributed by atoms with Crippen LogP contribution in [0.25, 0.3) is 0 Å². The predicted molar refractivity (Wildman–Crippen MR) is 77.9 cm³/mol. The second-order valence-electron chi connectivity index (χ2n) is 4.07. The molecule has 6 nitrogen and oxygen atoms in total. The first kappa shape index (κ1) is 22.0. The molecule has 20 heavy (non-hydrogen) atoms. The largest absolute Gasteiger partial charge is 0.394 e. The fraction of sp³-hybridized carbons (Fsp3) is 1.00. The molecule has 124 valence electrons. The molecule has 0 radical (unpaired) electrons. The monoisotopic (exact) mass is 296 g/mol. The van der Waals surface area contributed by atoms with E-state index in [0.717, 1.165) is 13.0 Å². The van der Waals surface area contributed by atoms with Crippen LogP contribution in [0.2, 0.25) is 0 Å². The SMILES string of the molecule is CCCCCCOCCO.OCCOCCOCCO. The molecule has 0 amide bonds. The molecule has 0 aromatic carbocycles. The Kier molecular flexibility index (Phi) is 26.3. The van der Waals surface area contributed by atoms with Crippen LogP contribution in [0, 0.1) is 0 Å². The summed E-state index contributed by atoms with van der Waals surface area (Å²) in [7, 11) is 0. The Balaban J connectivity index is 0. The van der Waals surface area contributed by atoms with Gasteiger partial charge in [0.2, 0.25) is 0 Å². The van der Waals surface area contributed by atoms with Gasteiger partial charge in [-0.25, -0.2) is 0 Å². The molecule has 0 aliphatic heterocycles. The maximum Gasteiger partial charge on any atom is 0.0701 e. The van der Waals surface area contributed by atoms with Crippen LogP contribution < -0.4 is 0 Å². The molecule has 0 unspecified atom stereocenters. The molecule has 6 heteroatoms. The Bertz CT molecular complexity index is 114. The normalized spacial score (nSPS) is 10.2. The standard InChI is InChI=1S/C8H18O2.C6H14O4/c1-2-3-4-5-7-10-8-6-9;7-1-3-9-5-6-10-4-2-8/h9H,2-8H2,1H3;7-8H,1-6H2. The third-order valence-electron chi connectivity index (χ3n) is 2.22. The van der Waals surface area contributed by atoms with E-state index in [4.69, 9.17) is 29.5 Å². The van der Waals surface area contributed by atoms with Gasteiger partial charge in [0.25, 0.3) is 0 Å². The van der Waals surface area contributed by atoms with Crippen molar-refractivity contribution in [3.05, 3.63) is 0 Å². The first-order valence-electron chi connectivity index (χ1n) is 7.39. The number of hydrogen-bond donors (Lipinski definition) is 3. The summed E-state index contributed by atoms with van der Waals surface area (Å²) >= 11 is 0. The summed E-state index contributed by atoms with van der Waals surface area (Å²) < 4.78 is 14.8. The number of unbranched alkanes of at least 4 members (excludes halogenated alkanes) is 3. The van der Waals surface area contributed by atoms with E-state index in [2.05, 4.69) is 6.92 Å². The van der Waals surface area contributed by atoms with Crippen LogP contribution in [-0.2, 0) is 14.2 Å². The molecule has 0 aliphatic carbocycles. The quantitative estimate of drug-likeness (QED) is 0.406. The molecule has 0 heterocycles. The van der Waals surface area contributed by atoms with E-state index in [0.29, 0.717) is 33.0 Å². The minimum atomic E-state index is 0.0417. The molecule has 0 saturated heterocycles. The maximum absolute atomic E-state index is 8.34. The topological polar surface area (TPSA) is 88.4 Å². The van der Waals surface area contributed by atoms with Crippen LogP contribution in [0.4, 0.5) is 0 Å². The summed E-state index contributed by atoms with van der Waals surface area (Å²) in [6.45, 7) is 5.36. The summed E-state index contributed by atoms with van der Waals surface area (Å²) in [4.78, 5) is 0. The molecule has 0 spiro atoms. The Morgan fingerprint density at radius 3 is 1.40 bits per heavy atom. The minimum absolute atomic E-state index is 0.0417. The Morgan fingerprint density at radius 2 is 1.00 bits per heavy atom. The van der Waals surface area contributed by atoms with Crippen molar-refractivity contribution in [3.63, 3.8) is 0 Å². The van der Waals surface area contributed by atoms with E-state index in [9.17, 15) is 0 Å². The van der Waals surface area contributed by atoms with Gasteiger partial charge in [0, 0.05) is 6.61 Å². The van der Waals surface area contributed by atoms with Crippen molar-refractivity contribution in [2.45, 2.75) is 32.6 Å². The highest BCUT2D eigenvalue weighted by atomic mass is 16.5. The fourth-order valence-corrected chi connectivity index (χ4v) is 1.25. The van der Waals surface area contributed by atoms with Crippen molar-refractivity contribution < 1.29 is 29.5 Å². The Labute approximate surface area is 122 Å².